The lowest BCUT2D eigenvalue weighted by Crippen LogP contribution is -2.45. The third kappa shape index (κ3) is 7.24. The van der Waals surface area contributed by atoms with Gasteiger partial charge in [0.15, 0.2) is 0 Å². The first-order valence-corrected chi connectivity index (χ1v) is 13.8. The average molecular weight is 600 g/mol. The Bertz CT molecular complexity index is 1510. The molecular weight excluding hydrogens is 566 g/mol. The van der Waals surface area contributed by atoms with Gasteiger partial charge in [-0.2, -0.15) is 4.98 Å². The number of ether oxygens (including phenoxy) is 4. The molecule has 42 heavy (non-hydrogen) atoms. The maximum absolute atomic E-state index is 13.5. The highest BCUT2D eigenvalue weighted by Crippen LogP contribution is 2.34. The predicted molar refractivity (Wildman–Crippen MR) is 153 cm³/mol. The molecule has 3 aromatic rings. The Labute approximate surface area is 248 Å². The standard InChI is InChI=1S/C29H34ClN5O7/c1-8-39-16-18-15-32-25(30)33-23(18)40-22-13-17(9-11-31-22)21-14-19-20(35(21)27(38)42-29(5,6)7)10-12-34(24(19)36)26(37)41-28(2,3)4/h9,11,13-15H,8,10,12,16H2,1-7H3. The molecule has 0 saturated carbocycles. The fraction of sp³-hybridized carbons (Fsp3) is 0.448. The minimum absolute atomic E-state index is 0.0130. The molecule has 3 aromatic heterocycles. The molecule has 0 fully saturated rings. The van der Waals surface area contributed by atoms with Crippen LogP contribution in [0.4, 0.5) is 9.59 Å². The minimum Gasteiger partial charge on any atom is -0.443 e. The summed E-state index contributed by atoms with van der Waals surface area (Å²) >= 11 is 6.01. The van der Waals surface area contributed by atoms with Crippen LogP contribution in [0.5, 0.6) is 11.8 Å². The van der Waals surface area contributed by atoms with E-state index in [0.717, 1.165) is 4.90 Å². The van der Waals surface area contributed by atoms with Gasteiger partial charge in [0.05, 0.1) is 23.4 Å². The van der Waals surface area contributed by atoms with Crippen molar-refractivity contribution in [2.75, 3.05) is 13.2 Å². The van der Waals surface area contributed by atoms with E-state index in [4.69, 9.17) is 30.5 Å². The number of pyridine rings is 1. The summed E-state index contributed by atoms with van der Waals surface area (Å²) in [4.78, 5) is 53.2. The molecule has 0 saturated heterocycles. The number of fused-ring (bicyclic) bond motifs is 1. The smallest absolute Gasteiger partial charge is 0.419 e. The lowest BCUT2D eigenvalue weighted by molar-refractivity contribution is 0.0232. The largest absolute Gasteiger partial charge is 0.443 e. The van der Waals surface area contributed by atoms with Gasteiger partial charge >= 0.3 is 12.2 Å². The van der Waals surface area contributed by atoms with E-state index in [9.17, 15) is 14.4 Å². The van der Waals surface area contributed by atoms with Gasteiger partial charge in [-0.1, -0.05) is 0 Å². The average Bonchev–Trinajstić information content (AvgIpc) is 3.27. The second-order valence-corrected chi connectivity index (χ2v) is 11.8. The quantitative estimate of drug-likeness (QED) is 0.308. The molecular formula is C29H34ClN5O7. The number of amides is 2. The van der Waals surface area contributed by atoms with Gasteiger partial charge in [0.1, 0.15) is 11.2 Å². The molecule has 0 atom stereocenters. The molecule has 13 heteroatoms. The van der Waals surface area contributed by atoms with Crippen LogP contribution in [0.25, 0.3) is 11.3 Å². The zero-order chi connectivity index (χ0) is 30.8. The maximum atomic E-state index is 13.5. The highest BCUT2D eigenvalue weighted by molar-refractivity contribution is 6.28. The van der Waals surface area contributed by atoms with E-state index >= 15 is 0 Å². The van der Waals surface area contributed by atoms with Crippen molar-refractivity contribution in [2.24, 2.45) is 0 Å². The van der Waals surface area contributed by atoms with Crippen molar-refractivity contribution in [1.82, 2.24) is 24.4 Å². The molecule has 0 unspecified atom stereocenters. The first kappa shape index (κ1) is 30.9. The van der Waals surface area contributed by atoms with E-state index in [1.54, 1.807) is 59.7 Å². The van der Waals surface area contributed by atoms with Crippen LogP contribution in [-0.4, -0.2) is 66.9 Å². The van der Waals surface area contributed by atoms with Crippen LogP contribution in [0.15, 0.2) is 30.6 Å². The van der Waals surface area contributed by atoms with Crippen molar-refractivity contribution >= 4 is 29.7 Å². The van der Waals surface area contributed by atoms with Crippen molar-refractivity contribution in [3.8, 4) is 23.0 Å². The summed E-state index contributed by atoms with van der Waals surface area (Å²) in [6, 6.07) is 4.82. The summed E-state index contributed by atoms with van der Waals surface area (Å²) in [6.45, 7) is 13.0. The molecule has 1 aliphatic rings. The molecule has 0 aromatic carbocycles. The van der Waals surface area contributed by atoms with E-state index in [0.29, 0.717) is 29.1 Å². The van der Waals surface area contributed by atoms with Crippen molar-refractivity contribution in [2.45, 2.75) is 72.7 Å². The molecule has 0 N–H and O–H groups in total. The van der Waals surface area contributed by atoms with Crippen LogP contribution in [0.3, 0.4) is 0 Å². The Hall–Kier alpha value is -4.03. The van der Waals surface area contributed by atoms with E-state index in [1.807, 2.05) is 6.92 Å². The van der Waals surface area contributed by atoms with Crippen molar-refractivity contribution in [3.05, 3.63) is 52.7 Å². The lowest BCUT2D eigenvalue weighted by Gasteiger charge is -2.29. The Balaban J connectivity index is 1.76. The first-order chi connectivity index (χ1) is 19.7. The van der Waals surface area contributed by atoms with Gasteiger partial charge in [-0.15, -0.1) is 0 Å². The van der Waals surface area contributed by atoms with Gasteiger partial charge in [0, 0.05) is 49.3 Å². The van der Waals surface area contributed by atoms with Crippen LogP contribution in [-0.2, 0) is 27.2 Å². The van der Waals surface area contributed by atoms with E-state index in [1.165, 1.54) is 17.0 Å². The molecule has 224 valence electrons. The van der Waals surface area contributed by atoms with E-state index in [-0.39, 0.29) is 42.2 Å². The Kier molecular flexibility index (Phi) is 8.88. The second-order valence-electron chi connectivity index (χ2n) is 11.5. The molecule has 0 spiro atoms. The number of rotatable bonds is 6. The van der Waals surface area contributed by atoms with Crippen LogP contribution < -0.4 is 4.74 Å². The second kappa shape index (κ2) is 12.1. The van der Waals surface area contributed by atoms with E-state index in [2.05, 4.69) is 15.0 Å². The lowest BCUT2D eigenvalue weighted by atomic mass is 10.1. The molecule has 2 amide bonds. The predicted octanol–water partition coefficient (Wildman–Crippen LogP) is 6.04. The fourth-order valence-electron chi connectivity index (χ4n) is 4.16. The molecule has 1 aliphatic heterocycles. The summed E-state index contributed by atoms with van der Waals surface area (Å²) in [5, 5.41) is -0.0130. The van der Waals surface area contributed by atoms with Crippen molar-refractivity contribution in [3.63, 3.8) is 0 Å². The topological polar surface area (TPSA) is 135 Å². The monoisotopic (exact) mass is 599 g/mol. The summed E-state index contributed by atoms with van der Waals surface area (Å²) in [5.74, 6) is -0.259. The van der Waals surface area contributed by atoms with Crippen molar-refractivity contribution in [1.29, 1.82) is 0 Å². The molecule has 4 heterocycles. The Morgan fingerprint density at radius 2 is 1.71 bits per heavy atom. The Morgan fingerprint density at radius 1 is 1.02 bits per heavy atom. The number of hydrogen-bond acceptors (Lipinski definition) is 10. The third-order valence-corrected chi connectivity index (χ3v) is 6.01. The van der Waals surface area contributed by atoms with Crippen LogP contribution in [0, 0.1) is 0 Å². The molecule has 0 bridgehead atoms. The molecule has 4 rings (SSSR count). The number of carbonyl (C=O) groups is 3. The fourth-order valence-corrected chi connectivity index (χ4v) is 4.29. The Morgan fingerprint density at radius 3 is 2.38 bits per heavy atom. The van der Waals surface area contributed by atoms with Gasteiger partial charge in [-0.25, -0.2) is 29.0 Å². The highest BCUT2D eigenvalue weighted by Gasteiger charge is 2.37. The van der Waals surface area contributed by atoms with Crippen LogP contribution in [0.2, 0.25) is 5.28 Å². The number of aromatic nitrogens is 4. The van der Waals surface area contributed by atoms with Crippen LogP contribution in [0.1, 0.15) is 70.1 Å². The van der Waals surface area contributed by atoms with Gasteiger partial charge in [-0.3, -0.25) is 4.79 Å². The SMILES string of the molecule is CCOCc1cnc(Cl)nc1Oc1cc(-c2cc3c(n2C(=O)OC(C)(C)C)CCN(C(=O)OC(C)(C)C)C3=O)ccn1. The van der Waals surface area contributed by atoms with Gasteiger partial charge < -0.3 is 18.9 Å². The minimum atomic E-state index is -0.803. The normalized spacial score (nSPS) is 13.5. The highest BCUT2D eigenvalue weighted by atomic mass is 35.5. The number of nitrogens with zero attached hydrogens (tertiary/aromatic N) is 5. The van der Waals surface area contributed by atoms with Crippen molar-refractivity contribution < 1.29 is 33.3 Å². The molecule has 0 aliphatic carbocycles. The number of hydrogen-bond donors (Lipinski definition) is 0. The number of imide groups is 1. The molecule has 0 radical (unpaired) electrons. The maximum Gasteiger partial charge on any atom is 0.419 e. The summed E-state index contributed by atoms with van der Waals surface area (Å²) < 4.78 is 23.9. The van der Waals surface area contributed by atoms with Gasteiger partial charge in [0.25, 0.3) is 5.91 Å². The zero-order valence-electron chi connectivity index (χ0n) is 24.7. The summed E-state index contributed by atoms with van der Waals surface area (Å²) in [6.07, 6.45) is 1.80. The summed E-state index contributed by atoms with van der Waals surface area (Å²) in [5.41, 5.74) is 0.449. The third-order valence-electron chi connectivity index (χ3n) is 5.83. The first-order valence-electron chi connectivity index (χ1n) is 13.4. The summed E-state index contributed by atoms with van der Waals surface area (Å²) in [7, 11) is 0. The van der Waals surface area contributed by atoms with E-state index < -0.39 is 29.3 Å². The number of carbonyl (C=O) groups excluding carboxylic acids is 3. The number of halogens is 1. The van der Waals surface area contributed by atoms with Gasteiger partial charge in [0.2, 0.25) is 17.0 Å². The van der Waals surface area contributed by atoms with Gasteiger partial charge in [-0.05, 0) is 72.2 Å². The zero-order valence-corrected chi connectivity index (χ0v) is 25.4. The van der Waals surface area contributed by atoms with Crippen LogP contribution >= 0.6 is 11.6 Å². The molecule has 12 nitrogen and oxygen atoms in total.